The zero-order valence-corrected chi connectivity index (χ0v) is 10.1. The van der Waals surface area contributed by atoms with Crippen molar-refractivity contribution in [2.24, 2.45) is 5.92 Å². The first-order chi connectivity index (χ1) is 7.23. The van der Waals surface area contributed by atoms with E-state index in [9.17, 15) is 14.7 Å². The summed E-state index contributed by atoms with van der Waals surface area (Å²) in [6.07, 6.45) is 0.359. The number of carbonyl (C=O) groups excluding carboxylic acids is 1. The summed E-state index contributed by atoms with van der Waals surface area (Å²) in [4.78, 5) is 21.4. The molecule has 3 N–H and O–H groups in total. The number of carboxylic acid groups (broad SMARTS) is 1. The highest BCUT2D eigenvalue weighted by Crippen LogP contribution is 2.14. The number of aliphatic carboxylic acids is 1. The summed E-state index contributed by atoms with van der Waals surface area (Å²) < 4.78 is 0. The van der Waals surface area contributed by atoms with Crippen LogP contribution in [0.2, 0.25) is 0 Å². The second kappa shape index (κ2) is 6.48. The fourth-order valence-electron chi connectivity index (χ4n) is 1.55. The average molecular weight is 231 g/mol. The topological polar surface area (TPSA) is 86.6 Å². The van der Waals surface area contributed by atoms with E-state index in [-0.39, 0.29) is 25.3 Å². The van der Waals surface area contributed by atoms with Crippen LogP contribution in [0.1, 0.15) is 40.0 Å². The van der Waals surface area contributed by atoms with E-state index in [1.54, 1.807) is 6.92 Å². The van der Waals surface area contributed by atoms with Gasteiger partial charge in [-0.05, 0) is 19.3 Å². The lowest BCUT2D eigenvalue weighted by Gasteiger charge is -2.25. The van der Waals surface area contributed by atoms with Crippen LogP contribution >= 0.6 is 0 Å². The second-order valence-corrected chi connectivity index (χ2v) is 4.77. The molecule has 0 heterocycles. The third kappa shape index (κ3) is 8.23. The Kier molecular flexibility index (Phi) is 6.03. The molecule has 0 aromatic heterocycles. The number of hydrogen-bond donors (Lipinski definition) is 3. The van der Waals surface area contributed by atoms with Crippen LogP contribution in [0.4, 0.5) is 0 Å². The zero-order valence-electron chi connectivity index (χ0n) is 10.1. The maximum absolute atomic E-state index is 11.2. The van der Waals surface area contributed by atoms with E-state index in [0.29, 0.717) is 12.3 Å². The molecule has 0 aromatic carbocycles. The molecule has 0 aromatic rings. The molecule has 1 amide bonds. The third-order valence-electron chi connectivity index (χ3n) is 2.08. The van der Waals surface area contributed by atoms with Crippen molar-refractivity contribution in [1.29, 1.82) is 0 Å². The molecule has 0 spiro atoms. The standard InChI is InChI=1S/C11H21NO4/c1-8(2)6-11(3,16)7-12-9(13)4-5-10(14)15/h8,16H,4-7H2,1-3H3,(H,12,13)(H,14,15). The molecule has 94 valence electrons. The van der Waals surface area contributed by atoms with Crippen molar-refractivity contribution in [3.8, 4) is 0 Å². The molecule has 5 nitrogen and oxygen atoms in total. The van der Waals surface area contributed by atoms with Gasteiger partial charge in [0.25, 0.3) is 0 Å². The molecule has 0 rings (SSSR count). The van der Waals surface area contributed by atoms with E-state index in [1.807, 2.05) is 13.8 Å². The number of carbonyl (C=O) groups is 2. The van der Waals surface area contributed by atoms with Crippen molar-refractivity contribution in [3.05, 3.63) is 0 Å². The predicted octanol–water partition coefficient (Wildman–Crippen LogP) is 0.764. The van der Waals surface area contributed by atoms with Gasteiger partial charge in [-0.2, -0.15) is 0 Å². The van der Waals surface area contributed by atoms with Crippen molar-refractivity contribution in [3.63, 3.8) is 0 Å². The minimum atomic E-state index is -0.996. The van der Waals surface area contributed by atoms with Crippen LogP contribution in [0.25, 0.3) is 0 Å². The van der Waals surface area contributed by atoms with Crippen LogP contribution < -0.4 is 5.32 Å². The van der Waals surface area contributed by atoms with Gasteiger partial charge in [0.2, 0.25) is 5.91 Å². The monoisotopic (exact) mass is 231 g/mol. The van der Waals surface area contributed by atoms with Crippen LogP contribution in [0.5, 0.6) is 0 Å². The molecule has 0 saturated heterocycles. The molecule has 1 unspecified atom stereocenters. The van der Waals surface area contributed by atoms with Gasteiger partial charge in [-0.25, -0.2) is 0 Å². The number of aliphatic hydroxyl groups is 1. The SMILES string of the molecule is CC(C)CC(C)(O)CNC(=O)CCC(=O)O. The highest BCUT2D eigenvalue weighted by atomic mass is 16.4. The van der Waals surface area contributed by atoms with E-state index in [4.69, 9.17) is 5.11 Å². The Labute approximate surface area is 95.9 Å². The summed E-state index contributed by atoms with van der Waals surface area (Å²) in [6, 6.07) is 0. The molecule has 16 heavy (non-hydrogen) atoms. The van der Waals surface area contributed by atoms with Crippen LogP contribution in [0.3, 0.4) is 0 Å². The quantitative estimate of drug-likeness (QED) is 0.604. The highest BCUT2D eigenvalue weighted by molar-refractivity contribution is 5.80. The summed E-state index contributed by atoms with van der Waals surface area (Å²) >= 11 is 0. The van der Waals surface area contributed by atoms with E-state index in [0.717, 1.165) is 0 Å². The number of rotatable bonds is 7. The Balaban J connectivity index is 3.85. The van der Waals surface area contributed by atoms with E-state index < -0.39 is 11.6 Å². The average Bonchev–Trinajstić information content (AvgIpc) is 2.09. The summed E-state index contributed by atoms with van der Waals surface area (Å²) in [7, 11) is 0. The normalized spacial score (nSPS) is 14.6. The minimum absolute atomic E-state index is 0.0485. The maximum atomic E-state index is 11.2. The van der Waals surface area contributed by atoms with Crippen molar-refractivity contribution in [1.82, 2.24) is 5.32 Å². The van der Waals surface area contributed by atoms with E-state index in [2.05, 4.69) is 5.32 Å². The van der Waals surface area contributed by atoms with E-state index in [1.165, 1.54) is 0 Å². The van der Waals surface area contributed by atoms with Gasteiger partial charge in [0.15, 0.2) is 0 Å². The van der Waals surface area contributed by atoms with E-state index >= 15 is 0 Å². The summed E-state index contributed by atoms with van der Waals surface area (Å²) in [5, 5.41) is 20.8. The highest BCUT2D eigenvalue weighted by Gasteiger charge is 2.22. The predicted molar refractivity (Wildman–Crippen MR) is 60.0 cm³/mol. The molecule has 0 saturated carbocycles. The molecule has 0 aliphatic rings. The maximum Gasteiger partial charge on any atom is 0.303 e. The molecule has 0 aliphatic carbocycles. The summed E-state index contributed by atoms with van der Waals surface area (Å²) in [5.41, 5.74) is -0.937. The van der Waals surface area contributed by atoms with Crippen molar-refractivity contribution < 1.29 is 19.8 Å². The Bertz CT molecular complexity index is 248. The zero-order chi connectivity index (χ0) is 12.8. The van der Waals surface area contributed by atoms with Crippen molar-refractivity contribution in [2.45, 2.75) is 45.6 Å². The fraction of sp³-hybridized carbons (Fsp3) is 0.818. The summed E-state index contributed by atoms with van der Waals surface area (Å²) in [5.74, 6) is -0.999. The molecule has 0 radical (unpaired) electrons. The lowest BCUT2D eigenvalue weighted by atomic mass is 9.94. The van der Waals surface area contributed by atoms with Crippen molar-refractivity contribution >= 4 is 11.9 Å². The minimum Gasteiger partial charge on any atom is -0.481 e. The van der Waals surface area contributed by atoms with Gasteiger partial charge in [0, 0.05) is 13.0 Å². The molecular formula is C11H21NO4. The first-order valence-electron chi connectivity index (χ1n) is 5.44. The van der Waals surface area contributed by atoms with Crippen LogP contribution in [0, 0.1) is 5.92 Å². The lowest BCUT2D eigenvalue weighted by molar-refractivity contribution is -0.138. The van der Waals surface area contributed by atoms with Crippen LogP contribution in [0.15, 0.2) is 0 Å². The number of amides is 1. The van der Waals surface area contributed by atoms with Crippen LogP contribution in [-0.4, -0.2) is 34.2 Å². The van der Waals surface area contributed by atoms with Gasteiger partial charge >= 0.3 is 5.97 Å². The number of nitrogens with one attached hydrogen (secondary N) is 1. The molecule has 0 bridgehead atoms. The molecule has 0 aliphatic heterocycles. The first kappa shape index (κ1) is 14.9. The van der Waals surface area contributed by atoms with Gasteiger partial charge < -0.3 is 15.5 Å². The van der Waals surface area contributed by atoms with Gasteiger partial charge in [0.1, 0.15) is 0 Å². The molecule has 1 atom stereocenters. The number of hydrogen-bond acceptors (Lipinski definition) is 3. The van der Waals surface area contributed by atoms with Gasteiger partial charge in [0.05, 0.1) is 12.0 Å². The Morgan fingerprint density at radius 2 is 1.88 bits per heavy atom. The molecular weight excluding hydrogens is 210 g/mol. The Morgan fingerprint density at radius 3 is 2.31 bits per heavy atom. The van der Waals surface area contributed by atoms with Crippen LogP contribution in [-0.2, 0) is 9.59 Å². The Morgan fingerprint density at radius 1 is 1.31 bits per heavy atom. The smallest absolute Gasteiger partial charge is 0.303 e. The lowest BCUT2D eigenvalue weighted by Crippen LogP contribution is -2.41. The van der Waals surface area contributed by atoms with Gasteiger partial charge in [-0.1, -0.05) is 13.8 Å². The summed E-state index contributed by atoms with van der Waals surface area (Å²) in [6.45, 7) is 5.79. The second-order valence-electron chi connectivity index (χ2n) is 4.77. The third-order valence-corrected chi connectivity index (χ3v) is 2.08. The molecule has 5 heteroatoms. The first-order valence-corrected chi connectivity index (χ1v) is 5.44. The van der Waals surface area contributed by atoms with Gasteiger partial charge in [-0.15, -0.1) is 0 Å². The largest absolute Gasteiger partial charge is 0.481 e. The molecule has 0 fully saturated rings. The Hall–Kier alpha value is -1.10. The van der Waals surface area contributed by atoms with Gasteiger partial charge in [-0.3, -0.25) is 9.59 Å². The fourth-order valence-corrected chi connectivity index (χ4v) is 1.55. The van der Waals surface area contributed by atoms with Crippen molar-refractivity contribution in [2.75, 3.05) is 6.54 Å². The number of carboxylic acids is 1.